The lowest BCUT2D eigenvalue weighted by Crippen LogP contribution is -2.29. The molecular weight excluding hydrogens is 366 g/mol. The summed E-state index contributed by atoms with van der Waals surface area (Å²) < 4.78 is 31.6. The Bertz CT molecular complexity index is 883. The van der Waals surface area contributed by atoms with Gasteiger partial charge in [-0.2, -0.15) is 0 Å². The molecule has 1 aliphatic heterocycles. The Labute approximate surface area is 151 Å². The van der Waals surface area contributed by atoms with E-state index in [-0.39, 0.29) is 23.5 Å². The van der Waals surface area contributed by atoms with E-state index >= 15 is 0 Å². The van der Waals surface area contributed by atoms with Crippen molar-refractivity contribution in [3.8, 4) is 0 Å². The highest BCUT2D eigenvalue weighted by atomic mass is 32.1. The van der Waals surface area contributed by atoms with Gasteiger partial charge in [-0.25, -0.2) is 13.6 Å². The first-order valence-corrected chi connectivity index (χ1v) is 8.50. The summed E-state index contributed by atoms with van der Waals surface area (Å²) in [5.41, 5.74) is 0.225. The molecule has 1 N–H and O–H groups in total. The van der Waals surface area contributed by atoms with E-state index in [4.69, 9.17) is 0 Å². The number of thiophene rings is 1. The van der Waals surface area contributed by atoms with Crippen LogP contribution in [0.15, 0.2) is 29.6 Å². The van der Waals surface area contributed by atoms with Crippen LogP contribution in [-0.2, 0) is 14.3 Å². The lowest BCUT2D eigenvalue weighted by atomic mass is 10.1. The summed E-state index contributed by atoms with van der Waals surface area (Å²) in [6.45, 7) is -0.0368. The molecule has 0 spiro atoms. The van der Waals surface area contributed by atoms with Crippen LogP contribution in [0.4, 0.5) is 20.2 Å². The fraction of sp³-hybridized carbons (Fsp3) is 0.235. The second kappa shape index (κ2) is 7.20. The molecule has 1 saturated heterocycles. The third kappa shape index (κ3) is 3.43. The summed E-state index contributed by atoms with van der Waals surface area (Å²) in [6.07, 6.45) is -0.111. The largest absolute Gasteiger partial charge is 0.465 e. The molecule has 9 heteroatoms. The van der Waals surface area contributed by atoms with Gasteiger partial charge in [-0.1, -0.05) is 0 Å². The smallest absolute Gasteiger partial charge is 0.350 e. The Morgan fingerprint density at radius 1 is 1.31 bits per heavy atom. The van der Waals surface area contributed by atoms with Gasteiger partial charge in [0.25, 0.3) is 0 Å². The van der Waals surface area contributed by atoms with E-state index < -0.39 is 35.3 Å². The molecule has 0 saturated carbocycles. The average molecular weight is 380 g/mol. The topological polar surface area (TPSA) is 75.7 Å². The quantitative estimate of drug-likeness (QED) is 0.828. The van der Waals surface area contributed by atoms with Crippen molar-refractivity contribution >= 4 is 40.5 Å². The average Bonchev–Trinajstić information content (AvgIpc) is 3.21. The number of amides is 2. The number of benzene rings is 1. The lowest BCUT2D eigenvalue weighted by Gasteiger charge is -2.17. The van der Waals surface area contributed by atoms with Crippen molar-refractivity contribution in [1.82, 2.24) is 0 Å². The van der Waals surface area contributed by atoms with Gasteiger partial charge < -0.3 is 15.0 Å². The maximum absolute atomic E-state index is 13.9. The van der Waals surface area contributed by atoms with E-state index in [0.29, 0.717) is 11.8 Å². The number of hydrogen-bond donors (Lipinski definition) is 1. The standard InChI is InChI=1S/C17H14F2N2O4S/c1-25-17(24)15-12(4-5-26-15)20-16(23)9-6-14(22)21(8-9)13-3-2-10(18)7-11(13)19/h2-5,7,9H,6,8H2,1H3,(H,20,23)/t9-/m1/s1. The highest BCUT2D eigenvalue weighted by molar-refractivity contribution is 7.12. The Morgan fingerprint density at radius 3 is 2.77 bits per heavy atom. The molecule has 1 atom stereocenters. The second-order valence-corrected chi connectivity index (χ2v) is 6.56. The molecule has 6 nitrogen and oxygen atoms in total. The minimum atomic E-state index is -0.870. The number of rotatable bonds is 4. The number of ether oxygens (including phenoxy) is 1. The molecule has 0 unspecified atom stereocenters. The van der Waals surface area contributed by atoms with Crippen LogP contribution in [0.1, 0.15) is 16.1 Å². The van der Waals surface area contributed by atoms with Gasteiger partial charge in [0.1, 0.15) is 16.5 Å². The third-order valence-electron chi connectivity index (χ3n) is 3.99. The van der Waals surface area contributed by atoms with Gasteiger partial charge in [0, 0.05) is 19.0 Å². The van der Waals surface area contributed by atoms with Crippen molar-refractivity contribution in [3.63, 3.8) is 0 Å². The summed E-state index contributed by atoms with van der Waals surface area (Å²) in [5, 5.41) is 4.23. The first-order valence-electron chi connectivity index (χ1n) is 7.62. The zero-order chi connectivity index (χ0) is 18.8. The predicted molar refractivity (Wildman–Crippen MR) is 91.1 cm³/mol. The van der Waals surface area contributed by atoms with Crippen molar-refractivity contribution in [2.75, 3.05) is 23.9 Å². The molecule has 3 rings (SSSR count). The Balaban J connectivity index is 1.73. The molecule has 0 aliphatic carbocycles. The maximum atomic E-state index is 13.9. The molecule has 0 radical (unpaired) electrons. The van der Waals surface area contributed by atoms with E-state index in [1.165, 1.54) is 7.11 Å². The minimum absolute atomic E-state index is 0.0368. The molecule has 0 bridgehead atoms. The number of esters is 1. The summed E-state index contributed by atoms with van der Waals surface area (Å²) >= 11 is 1.12. The molecule has 1 fully saturated rings. The molecule has 1 aliphatic rings. The monoisotopic (exact) mass is 380 g/mol. The van der Waals surface area contributed by atoms with Gasteiger partial charge >= 0.3 is 5.97 Å². The van der Waals surface area contributed by atoms with Crippen LogP contribution in [0.5, 0.6) is 0 Å². The Morgan fingerprint density at radius 2 is 2.08 bits per heavy atom. The predicted octanol–water partition coefficient (Wildman–Crippen LogP) is 2.80. The van der Waals surface area contributed by atoms with E-state index in [1.807, 2.05) is 0 Å². The Hall–Kier alpha value is -2.81. The summed E-state index contributed by atoms with van der Waals surface area (Å²) in [4.78, 5) is 37.6. The van der Waals surface area contributed by atoms with Gasteiger partial charge in [-0.3, -0.25) is 9.59 Å². The van der Waals surface area contributed by atoms with Crippen molar-refractivity contribution in [3.05, 3.63) is 46.2 Å². The van der Waals surface area contributed by atoms with Crippen molar-refractivity contribution < 1.29 is 27.9 Å². The highest BCUT2D eigenvalue weighted by Gasteiger charge is 2.36. The van der Waals surface area contributed by atoms with Gasteiger partial charge in [0.2, 0.25) is 11.8 Å². The maximum Gasteiger partial charge on any atom is 0.350 e. The van der Waals surface area contributed by atoms with Crippen LogP contribution in [0.3, 0.4) is 0 Å². The molecule has 2 amide bonds. The normalized spacial score (nSPS) is 16.7. The van der Waals surface area contributed by atoms with Crippen molar-refractivity contribution in [2.24, 2.45) is 5.92 Å². The van der Waals surface area contributed by atoms with Crippen LogP contribution >= 0.6 is 11.3 Å². The zero-order valence-electron chi connectivity index (χ0n) is 13.6. The number of nitrogens with zero attached hydrogens (tertiary/aromatic N) is 1. The molecular formula is C17H14F2N2O4S. The van der Waals surface area contributed by atoms with Gasteiger partial charge in [-0.05, 0) is 23.6 Å². The van der Waals surface area contributed by atoms with Crippen molar-refractivity contribution in [2.45, 2.75) is 6.42 Å². The molecule has 2 heterocycles. The molecule has 26 heavy (non-hydrogen) atoms. The van der Waals surface area contributed by atoms with Gasteiger partial charge in [0.15, 0.2) is 0 Å². The van der Waals surface area contributed by atoms with E-state index in [2.05, 4.69) is 10.1 Å². The molecule has 136 valence electrons. The number of carbonyl (C=O) groups excluding carboxylic acids is 3. The van der Waals surface area contributed by atoms with Gasteiger partial charge in [0.05, 0.1) is 24.4 Å². The number of anilines is 2. The lowest BCUT2D eigenvalue weighted by molar-refractivity contribution is -0.122. The van der Waals surface area contributed by atoms with E-state index in [1.54, 1.807) is 11.4 Å². The number of methoxy groups -OCH3 is 1. The first-order chi connectivity index (χ1) is 12.4. The first kappa shape index (κ1) is 18.0. The number of hydrogen-bond acceptors (Lipinski definition) is 5. The van der Waals surface area contributed by atoms with Crippen LogP contribution in [0, 0.1) is 17.6 Å². The fourth-order valence-corrected chi connectivity index (χ4v) is 3.48. The SMILES string of the molecule is COC(=O)c1sccc1NC(=O)[C@@H]1CC(=O)N(c2ccc(F)cc2F)C1. The molecule has 1 aromatic heterocycles. The van der Waals surface area contributed by atoms with E-state index in [9.17, 15) is 23.2 Å². The van der Waals surface area contributed by atoms with Crippen LogP contribution in [-0.4, -0.2) is 31.4 Å². The summed E-state index contributed by atoms with van der Waals surface area (Å²) in [6, 6.07) is 4.46. The van der Waals surface area contributed by atoms with Gasteiger partial charge in [-0.15, -0.1) is 11.3 Å². The summed E-state index contributed by atoms with van der Waals surface area (Å²) in [5.74, 6) is -3.82. The minimum Gasteiger partial charge on any atom is -0.465 e. The summed E-state index contributed by atoms with van der Waals surface area (Å²) in [7, 11) is 1.23. The van der Waals surface area contributed by atoms with Crippen LogP contribution in [0.2, 0.25) is 0 Å². The third-order valence-corrected chi connectivity index (χ3v) is 4.88. The molecule has 2 aromatic rings. The second-order valence-electron chi connectivity index (χ2n) is 5.65. The van der Waals surface area contributed by atoms with Crippen LogP contribution in [0.25, 0.3) is 0 Å². The number of carbonyl (C=O) groups is 3. The number of halogens is 2. The number of nitrogens with one attached hydrogen (secondary N) is 1. The molecule has 1 aromatic carbocycles. The zero-order valence-corrected chi connectivity index (χ0v) is 14.4. The Kier molecular flexibility index (Phi) is 4.99. The van der Waals surface area contributed by atoms with Crippen molar-refractivity contribution in [1.29, 1.82) is 0 Å². The highest BCUT2D eigenvalue weighted by Crippen LogP contribution is 2.30. The van der Waals surface area contributed by atoms with E-state index in [0.717, 1.165) is 28.4 Å². The fourth-order valence-electron chi connectivity index (χ4n) is 2.71. The van der Waals surface area contributed by atoms with Crippen LogP contribution < -0.4 is 10.2 Å².